The SMILES string of the molecule is CS(=O)(=O)N1C(C(=O)O)CC2CCCCC21. The Bertz CT molecular complexity index is 392. The van der Waals surface area contributed by atoms with E-state index in [9.17, 15) is 13.2 Å². The van der Waals surface area contributed by atoms with Crippen LogP contribution in [0.25, 0.3) is 0 Å². The molecule has 0 aromatic heterocycles. The van der Waals surface area contributed by atoms with Crippen molar-refractivity contribution in [1.29, 1.82) is 0 Å². The van der Waals surface area contributed by atoms with Crippen molar-refractivity contribution in [2.75, 3.05) is 6.26 Å². The molecule has 0 spiro atoms. The van der Waals surface area contributed by atoms with Gasteiger partial charge in [0.25, 0.3) is 0 Å². The third-order valence-electron chi connectivity index (χ3n) is 3.70. The van der Waals surface area contributed by atoms with Gasteiger partial charge in [0.1, 0.15) is 6.04 Å². The summed E-state index contributed by atoms with van der Waals surface area (Å²) in [5.74, 6) is -0.774. The lowest BCUT2D eigenvalue weighted by Gasteiger charge is -2.30. The highest BCUT2D eigenvalue weighted by molar-refractivity contribution is 7.88. The van der Waals surface area contributed by atoms with Gasteiger partial charge >= 0.3 is 5.97 Å². The van der Waals surface area contributed by atoms with Crippen molar-refractivity contribution in [3.05, 3.63) is 0 Å². The van der Waals surface area contributed by atoms with Crippen LogP contribution in [0.3, 0.4) is 0 Å². The Morgan fingerprint density at radius 1 is 1.31 bits per heavy atom. The molecule has 1 heterocycles. The number of carboxylic acid groups (broad SMARTS) is 1. The fraction of sp³-hybridized carbons (Fsp3) is 0.900. The zero-order chi connectivity index (χ0) is 11.9. The van der Waals surface area contributed by atoms with Crippen LogP contribution in [-0.2, 0) is 14.8 Å². The summed E-state index contributed by atoms with van der Waals surface area (Å²) in [6.07, 6.45) is 5.44. The van der Waals surface area contributed by atoms with Crippen LogP contribution in [0.5, 0.6) is 0 Å². The molecule has 0 aromatic rings. The van der Waals surface area contributed by atoms with E-state index in [1.807, 2.05) is 0 Å². The fourth-order valence-corrected chi connectivity index (χ4v) is 4.51. The number of fused-ring (bicyclic) bond motifs is 1. The van der Waals surface area contributed by atoms with Crippen molar-refractivity contribution in [3.8, 4) is 0 Å². The summed E-state index contributed by atoms with van der Waals surface area (Å²) < 4.78 is 24.6. The number of rotatable bonds is 2. The van der Waals surface area contributed by atoms with Gasteiger partial charge in [0.2, 0.25) is 10.0 Å². The van der Waals surface area contributed by atoms with E-state index in [1.165, 1.54) is 4.31 Å². The van der Waals surface area contributed by atoms with Gasteiger partial charge in [0, 0.05) is 6.04 Å². The van der Waals surface area contributed by atoms with Crippen molar-refractivity contribution in [2.45, 2.75) is 44.2 Å². The first-order chi connectivity index (χ1) is 7.41. The Morgan fingerprint density at radius 2 is 1.94 bits per heavy atom. The average molecular weight is 247 g/mol. The van der Waals surface area contributed by atoms with E-state index in [4.69, 9.17) is 5.11 Å². The summed E-state index contributed by atoms with van der Waals surface area (Å²) in [7, 11) is -3.41. The summed E-state index contributed by atoms with van der Waals surface area (Å²) in [6, 6.07) is -0.923. The summed E-state index contributed by atoms with van der Waals surface area (Å²) in [4.78, 5) is 11.1. The monoisotopic (exact) mass is 247 g/mol. The van der Waals surface area contributed by atoms with Crippen LogP contribution in [0.2, 0.25) is 0 Å². The molecule has 92 valence electrons. The fourth-order valence-electron chi connectivity index (χ4n) is 3.11. The molecule has 3 atom stereocenters. The smallest absolute Gasteiger partial charge is 0.322 e. The maximum absolute atomic E-state index is 11.7. The van der Waals surface area contributed by atoms with E-state index in [-0.39, 0.29) is 12.0 Å². The van der Waals surface area contributed by atoms with E-state index in [0.29, 0.717) is 6.42 Å². The van der Waals surface area contributed by atoms with Gasteiger partial charge in [-0.15, -0.1) is 0 Å². The van der Waals surface area contributed by atoms with Crippen LogP contribution >= 0.6 is 0 Å². The zero-order valence-electron chi connectivity index (χ0n) is 9.30. The summed E-state index contributed by atoms with van der Waals surface area (Å²) in [6.45, 7) is 0. The second-order valence-electron chi connectivity index (χ2n) is 4.79. The van der Waals surface area contributed by atoms with E-state index in [1.54, 1.807) is 0 Å². The molecule has 0 radical (unpaired) electrons. The van der Waals surface area contributed by atoms with Crippen molar-refractivity contribution in [3.63, 3.8) is 0 Å². The molecular formula is C10H17NO4S. The van der Waals surface area contributed by atoms with E-state index in [2.05, 4.69) is 0 Å². The zero-order valence-corrected chi connectivity index (χ0v) is 10.1. The number of sulfonamides is 1. The predicted octanol–water partition coefficient (Wildman–Crippen LogP) is 0.664. The molecule has 6 heteroatoms. The highest BCUT2D eigenvalue weighted by Gasteiger charge is 2.49. The Morgan fingerprint density at radius 3 is 2.50 bits per heavy atom. The summed E-state index contributed by atoms with van der Waals surface area (Å²) in [5.41, 5.74) is 0. The largest absolute Gasteiger partial charge is 0.480 e. The first kappa shape index (κ1) is 11.9. The first-order valence-electron chi connectivity index (χ1n) is 5.62. The Kier molecular flexibility index (Phi) is 2.96. The molecular weight excluding hydrogens is 230 g/mol. The molecule has 16 heavy (non-hydrogen) atoms. The van der Waals surface area contributed by atoms with Crippen LogP contribution in [0.15, 0.2) is 0 Å². The van der Waals surface area contributed by atoms with Crippen LogP contribution in [0.4, 0.5) is 0 Å². The molecule has 0 bridgehead atoms. The second-order valence-corrected chi connectivity index (χ2v) is 6.68. The number of carbonyl (C=O) groups is 1. The molecule has 2 rings (SSSR count). The molecule has 0 aromatic carbocycles. The number of carboxylic acids is 1. The minimum Gasteiger partial charge on any atom is -0.480 e. The average Bonchev–Trinajstić information content (AvgIpc) is 2.55. The third kappa shape index (κ3) is 1.96. The van der Waals surface area contributed by atoms with Crippen LogP contribution in [-0.4, -0.2) is 42.1 Å². The Labute approximate surface area is 95.5 Å². The second kappa shape index (κ2) is 4.00. The van der Waals surface area contributed by atoms with Gasteiger partial charge in [0.15, 0.2) is 0 Å². The van der Waals surface area contributed by atoms with Gasteiger partial charge < -0.3 is 5.11 Å². The molecule has 1 N–H and O–H groups in total. The first-order valence-corrected chi connectivity index (χ1v) is 7.47. The standard InChI is InChI=1S/C10H17NO4S/c1-16(14,15)11-8-5-3-2-4-7(8)6-9(11)10(12)13/h7-9H,2-6H2,1H3,(H,12,13). The lowest BCUT2D eigenvalue weighted by atomic mass is 9.85. The van der Waals surface area contributed by atoms with Gasteiger partial charge in [-0.2, -0.15) is 4.31 Å². The Hall–Kier alpha value is -0.620. The van der Waals surface area contributed by atoms with Crippen LogP contribution < -0.4 is 0 Å². The summed E-state index contributed by atoms with van der Waals surface area (Å²) in [5, 5.41) is 9.09. The topological polar surface area (TPSA) is 74.7 Å². The Balaban J connectivity index is 2.32. The maximum Gasteiger partial charge on any atom is 0.322 e. The number of aliphatic carboxylic acids is 1. The quantitative estimate of drug-likeness (QED) is 0.778. The van der Waals surface area contributed by atoms with Gasteiger partial charge in [-0.1, -0.05) is 12.8 Å². The minimum absolute atomic E-state index is 0.0788. The van der Waals surface area contributed by atoms with Gasteiger partial charge in [0.05, 0.1) is 6.26 Å². The molecule has 0 amide bonds. The van der Waals surface area contributed by atoms with Crippen molar-refractivity contribution >= 4 is 16.0 Å². The molecule has 1 saturated carbocycles. The molecule has 2 aliphatic rings. The van der Waals surface area contributed by atoms with E-state index >= 15 is 0 Å². The van der Waals surface area contributed by atoms with Gasteiger partial charge in [-0.3, -0.25) is 4.79 Å². The van der Waals surface area contributed by atoms with Crippen LogP contribution in [0, 0.1) is 5.92 Å². The molecule has 5 nitrogen and oxygen atoms in total. The normalized spacial score (nSPS) is 35.9. The molecule has 3 unspecified atom stereocenters. The maximum atomic E-state index is 11.7. The lowest BCUT2D eigenvalue weighted by Crippen LogP contribution is -2.45. The number of nitrogens with zero attached hydrogens (tertiary/aromatic N) is 1. The highest BCUT2D eigenvalue weighted by atomic mass is 32.2. The lowest BCUT2D eigenvalue weighted by molar-refractivity contribution is -0.140. The number of hydrogen-bond donors (Lipinski definition) is 1. The molecule has 1 saturated heterocycles. The van der Waals surface area contributed by atoms with Crippen molar-refractivity contribution in [1.82, 2.24) is 4.31 Å². The number of hydrogen-bond acceptors (Lipinski definition) is 3. The van der Waals surface area contributed by atoms with Gasteiger partial charge in [-0.25, -0.2) is 8.42 Å². The summed E-state index contributed by atoms with van der Waals surface area (Å²) >= 11 is 0. The predicted molar refractivity (Wildman–Crippen MR) is 58.5 cm³/mol. The van der Waals surface area contributed by atoms with E-state index in [0.717, 1.165) is 31.9 Å². The highest BCUT2D eigenvalue weighted by Crippen LogP contribution is 2.40. The minimum atomic E-state index is -3.41. The van der Waals surface area contributed by atoms with E-state index < -0.39 is 22.0 Å². The molecule has 2 fully saturated rings. The molecule has 1 aliphatic heterocycles. The van der Waals surface area contributed by atoms with Crippen molar-refractivity contribution in [2.24, 2.45) is 5.92 Å². The third-order valence-corrected chi connectivity index (χ3v) is 4.99. The van der Waals surface area contributed by atoms with Crippen molar-refractivity contribution < 1.29 is 18.3 Å². The van der Waals surface area contributed by atoms with Crippen LogP contribution in [0.1, 0.15) is 32.1 Å². The molecule has 1 aliphatic carbocycles. The van der Waals surface area contributed by atoms with Gasteiger partial charge in [-0.05, 0) is 25.2 Å².